The minimum Gasteiger partial charge on any atom is -0.392 e. The zero-order chi connectivity index (χ0) is 18.5. The Kier molecular flexibility index (Phi) is 5.96. The lowest BCUT2D eigenvalue weighted by molar-refractivity contribution is 0.295. The summed E-state index contributed by atoms with van der Waals surface area (Å²) in [6.45, 7) is 2.45. The van der Waals surface area contributed by atoms with Crippen molar-refractivity contribution in [1.29, 1.82) is 0 Å². The van der Waals surface area contributed by atoms with E-state index in [9.17, 15) is 9.50 Å². The molecule has 0 radical (unpaired) electrons. The van der Waals surface area contributed by atoms with Crippen molar-refractivity contribution in [2.24, 2.45) is 0 Å². The number of benzene rings is 2. The van der Waals surface area contributed by atoms with Gasteiger partial charge in [-0.05, 0) is 72.4 Å². The molecular formula is C21H22ClFN2O. The maximum Gasteiger partial charge on any atom is 0.126 e. The summed E-state index contributed by atoms with van der Waals surface area (Å²) in [5.41, 5.74) is 7.59. The van der Waals surface area contributed by atoms with E-state index in [1.807, 2.05) is 41.6 Å². The van der Waals surface area contributed by atoms with Gasteiger partial charge in [0.1, 0.15) is 5.82 Å². The Morgan fingerprint density at radius 3 is 2.73 bits per heavy atom. The van der Waals surface area contributed by atoms with Crippen LogP contribution in [-0.4, -0.2) is 23.3 Å². The van der Waals surface area contributed by atoms with E-state index in [1.165, 1.54) is 6.07 Å². The number of hydrogen-bond acceptors (Lipinski definition) is 3. The second-order valence-corrected chi connectivity index (χ2v) is 6.79. The van der Waals surface area contributed by atoms with Gasteiger partial charge < -0.3 is 5.11 Å². The Balaban J connectivity index is 1.67. The van der Waals surface area contributed by atoms with Crippen LogP contribution in [0.25, 0.3) is 5.70 Å². The van der Waals surface area contributed by atoms with Crippen LogP contribution in [0.1, 0.15) is 23.1 Å². The highest BCUT2D eigenvalue weighted by Crippen LogP contribution is 2.22. The van der Waals surface area contributed by atoms with Gasteiger partial charge in [0.05, 0.1) is 12.3 Å². The second-order valence-electron chi connectivity index (χ2n) is 6.38. The molecule has 0 unspecified atom stereocenters. The average molecular weight is 373 g/mol. The smallest absolute Gasteiger partial charge is 0.126 e. The molecule has 2 N–H and O–H groups in total. The first-order chi connectivity index (χ1) is 12.6. The standard InChI is InChI=1S/C21H22ClFN2O/c1-15-11-18(8-9-20(15)23)21-12-16(14-26)13-25(24-21)10-4-6-17-5-2-3-7-19(17)22/h2-3,5,7-9,11-13,24,26H,4,6,10,14H2,1H3. The molecular weight excluding hydrogens is 351 g/mol. The van der Waals surface area contributed by atoms with Gasteiger partial charge in [0.25, 0.3) is 0 Å². The molecule has 0 fully saturated rings. The summed E-state index contributed by atoms with van der Waals surface area (Å²) in [6.07, 6.45) is 5.56. The van der Waals surface area contributed by atoms with Crippen molar-refractivity contribution in [3.8, 4) is 0 Å². The molecule has 2 aromatic rings. The molecule has 0 saturated carbocycles. The van der Waals surface area contributed by atoms with Crippen molar-refractivity contribution in [3.63, 3.8) is 0 Å². The first-order valence-electron chi connectivity index (χ1n) is 8.63. The zero-order valence-electron chi connectivity index (χ0n) is 14.7. The van der Waals surface area contributed by atoms with E-state index in [0.717, 1.165) is 46.8 Å². The first-order valence-corrected chi connectivity index (χ1v) is 9.01. The molecule has 0 atom stereocenters. The summed E-state index contributed by atoms with van der Waals surface area (Å²) in [5.74, 6) is -0.223. The molecule has 0 bridgehead atoms. The molecule has 0 aromatic heterocycles. The minimum atomic E-state index is -0.223. The van der Waals surface area contributed by atoms with Crippen molar-refractivity contribution in [2.45, 2.75) is 19.8 Å². The van der Waals surface area contributed by atoms with Crippen LogP contribution in [0.2, 0.25) is 5.02 Å². The van der Waals surface area contributed by atoms with E-state index < -0.39 is 0 Å². The normalized spacial score (nSPS) is 13.9. The number of nitrogens with zero attached hydrogens (tertiary/aromatic N) is 1. The fraction of sp³-hybridized carbons (Fsp3) is 0.238. The number of aliphatic hydroxyl groups excluding tert-OH is 1. The molecule has 1 aliphatic rings. The van der Waals surface area contributed by atoms with Gasteiger partial charge in [-0.2, -0.15) is 0 Å². The van der Waals surface area contributed by atoms with Crippen LogP contribution in [0.3, 0.4) is 0 Å². The van der Waals surface area contributed by atoms with Gasteiger partial charge in [-0.15, -0.1) is 0 Å². The number of rotatable bonds is 6. The molecule has 5 heteroatoms. The summed E-state index contributed by atoms with van der Waals surface area (Å²) in [7, 11) is 0. The lowest BCUT2D eigenvalue weighted by Crippen LogP contribution is -2.36. The van der Waals surface area contributed by atoms with Gasteiger partial charge in [0, 0.05) is 17.8 Å². The highest BCUT2D eigenvalue weighted by atomic mass is 35.5. The summed E-state index contributed by atoms with van der Waals surface area (Å²) in [4.78, 5) is 0. The third kappa shape index (κ3) is 4.45. The van der Waals surface area contributed by atoms with Gasteiger partial charge in [-0.1, -0.05) is 29.8 Å². The van der Waals surface area contributed by atoms with Crippen LogP contribution in [0, 0.1) is 12.7 Å². The largest absolute Gasteiger partial charge is 0.392 e. The lowest BCUT2D eigenvalue weighted by Gasteiger charge is -2.29. The van der Waals surface area contributed by atoms with Crippen LogP contribution in [0.15, 0.2) is 60.3 Å². The Morgan fingerprint density at radius 2 is 2.00 bits per heavy atom. The summed E-state index contributed by atoms with van der Waals surface area (Å²) in [6, 6.07) is 12.9. The molecule has 2 aromatic carbocycles. The van der Waals surface area contributed by atoms with Crippen LogP contribution >= 0.6 is 11.6 Å². The van der Waals surface area contributed by atoms with E-state index >= 15 is 0 Å². The zero-order valence-corrected chi connectivity index (χ0v) is 15.4. The predicted octanol–water partition coefficient (Wildman–Crippen LogP) is 4.46. The third-order valence-corrected chi connectivity index (χ3v) is 4.74. The molecule has 0 aliphatic carbocycles. The number of hydrogen-bond donors (Lipinski definition) is 2. The minimum absolute atomic E-state index is 0.0492. The second kappa shape index (κ2) is 8.39. The molecule has 0 saturated heterocycles. The fourth-order valence-corrected chi connectivity index (χ4v) is 3.18. The van der Waals surface area contributed by atoms with Gasteiger partial charge >= 0.3 is 0 Å². The van der Waals surface area contributed by atoms with Crippen LogP contribution in [0.4, 0.5) is 4.39 Å². The number of hydrazine groups is 1. The quantitative estimate of drug-likeness (QED) is 0.786. The van der Waals surface area contributed by atoms with E-state index in [2.05, 4.69) is 5.43 Å². The highest BCUT2D eigenvalue weighted by molar-refractivity contribution is 6.31. The van der Waals surface area contributed by atoms with E-state index in [1.54, 1.807) is 19.1 Å². The van der Waals surface area contributed by atoms with Gasteiger partial charge in [-0.25, -0.2) is 4.39 Å². The Hall–Kier alpha value is -2.30. The van der Waals surface area contributed by atoms with Crippen molar-refractivity contribution < 1.29 is 9.50 Å². The van der Waals surface area contributed by atoms with E-state index in [0.29, 0.717) is 5.56 Å². The number of aryl methyl sites for hydroxylation is 2. The fourth-order valence-electron chi connectivity index (χ4n) is 2.95. The monoisotopic (exact) mass is 372 g/mol. The topological polar surface area (TPSA) is 35.5 Å². The maximum absolute atomic E-state index is 13.5. The highest BCUT2D eigenvalue weighted by Gasteiger charge is 2.13. The Bertz CT molecular complexity index is 848. The Labute approximate surface area is 158 Å². The lowest BCUT2D eigenvalue weighted by atomic mass is 10.1. The molecule has 0 amide bonds. The molecule has 3 nitrogen and oxygen atoms in total. The van der Waals surface area contributed by atoms with Gasteiger partial charge in [0.15, 0.2) is 0 Å². The predicted molar refractivity (Wildman–Crippen MR) is 104 cm³/mol. The molecule has 1 aliphatic heterocycles. The van der Waals surface area contributed by atoms with Gasteiger partial charge in [-0.3, -0.25) is 10.4 Å². The van der Waals surface area contributed by atoms with Crippen LogP contribution in [-0.2, 0) is 6.42 Å². The molecule has 3 rings (SSSR count). The van der Waals surface area contributed by atoms with Crippen molar-refractivity contribution in [1.82, 2.24) is 10.4 Å². The van der Waals surface area contributed by atoms with Crippen LogP contribution in [0.5, 0.6) is 0 Å². The van der Waals surface area contributed by atoms with E-state index in [-0.39, 0.29) is 12.4 Å². The number of halogens is 2. The molecule has 1 heterocycles. The van der Waals surface area contributed by atoms with Crippen molar-refractivity contribution in [3.05, 3.63) is 87.8 Å². The number of aliphatic hydroxyl groups is 1. The number of nitrogens with one attached hydrogen (secondary N) is 1. The summed E-state index contributed by atoms with van der Waals surface area (Å²) < 4.78 is 13.5. The Morgan fingerprint density at radius 1 is 1.19 bits per heavy atom. The third-order valence-electron chi connectivity index (χ3n) is 4.37. The summed E-state index contributed by atoms with van der Waals surface area (Å²) >= 11 is 6.21. The maximum atomic E-state index is 13.5. The van der Waals surface area contributed by atoms with Crippen molar-refractivity contribution in [2.75, 3.05) is 13.2 Å². The van der Waals surface area contributed by atoms with Crippen LogP contribution < -0.4 is 5.43 Å². The van der Waals surface area contributed by atoms with E-state index in [4.69, 9.17) is 11.6 Å². The summed E-state index contributed by atoms with van der Waals surface area (Å²) in [5, 5.41) is 12.3. The van der Waals surface area contributed by atoms with Crippen molar-refractivity contribution >= 4 is 17.3 Å². The molecule has 136 valence electrons. The first kappa shape index (κ1) is 18.5. The average Bonchev–Trinajstić information content (AvgIpc) is 2.65. The SMILES string of the molecule is Cc1cc(C2=CC(CO)=CN(CCCc3ccccc3Cl)N2)ccc1F. The molecule has 0 spiro atoms. The molecule has 26 heavy (non-hydrogen) atoms. The van der Waals surface area contributed by atoms with Gasteiger partial charge in [0.2, 0.25) is 0 Å².